The molecule has 1 atom stereocenters. The Morgan fingerprint density at radius 1 is 1.42 bits per heavy atom. The normalized spacial score (nSPS) is 21.9. The summed E-state index contributed by atoms with van der Waals surface area (Å²) in [5, 5.41) is 13.0. The molecule has 2 heteroatoms. The predicted octanol–water partition coefficient (Wildman–Crippen LogP) is 1.31. The lowest BCUT2D eigenvalue weighted by molar-refractivity contribution is 0.129. The van der Waals surface area contributed by atoms with Gasteiger partial charge in [0.25, 0.3) is 0 Å². The minimum Gasteiger partial charge on any atom is -0.389 e. The van der Waals surface area contributed by atoms with Gasteiger partial charge in [0.2, 0.25) is 0 Å². The molecule has 0 aliphatic carbocycles. The third kappa shape index (κ3) is 2.95. The molecular weight excluding hydrogens is 150 g/mol. The first-order valence-electron chi connectivity index (χ1n) is 4.74. The van der Waals surface area contributed by atoms with Crippen molar-refractivity contribution in [1.82, 2.24) is 5.32 Å². The molecule has 0 aromatic carbocycles. The van der Waals surface area contributed by atoms with Crippen LogP contribution in [0.4, 0.5) is 0 Å². The van der Waals surface area contributed by atoms with Gasteiger partial charge in [-0.3, -0.25) is 0 Å². The molecule has 1 heterocycles. The van der Waals surface area contributed by atoms with E-state index in [0.717, 1.165) is 25.9 Å². The van der Waals surface area contributed by atoms with Crippen LogP contribution in [0.5, 0.6) is 0 Å². The SMILES string of the molecule is CC(C)=CC(O)C1CCNCC1. The molecule has 0 aromatic rings. The van der Waals surface area contributed by atoms with Crippen molar-refractivity contribution in [2.24, 2.45) is 5.92 Å². The van der Waals surface area contributed by atoms with Crippen LogP contribution in [0.25, 0.3) is 0 Å². The number of rotatable bonds is 2. The van der Waals surface area contributed by atoms with Crippen molar-refractivity contribution < 1.29 is 5.11 Å². The minimum absolute atomic E-state index is 0.225. The van der Waals surface area contributed by atoms with Crippen LogP contribution in [0.2, 0.25) is 0 Å². The Labute approximate surface area is 74.7 Å². The highest BCUT2D eigenvalue weighted by molar-refractivity contribution is 5.00. The van der Waals surface area contributed by atoms with Gasteiger partial charge in [-0.15, -0.1) is 0 Å². The first-order valence-corrected chi connectivity index (χ1v) is 4.74. The second kappa shape index (κ2) is 4.63. The van der Waals surface area contributed by atoms with Crippen molar-refractivity contribution in [3.05, 3.63) is 11.6 Å². The maximum atomic E-state index is 9.74. The molecule has 70 valence electrons. The molecule has 1 rings (SSSR count). The molecule has 1 fully saturated rings. The highest BCUT2D eigenvalue weighted by Gasteiger charge is 2.19. The van der Waals surface area contributed by atoms with Crippen LogP contribution in [0.1, 0.15) is 26.7 Å². The monoisotopic (exact) mass is 169 g/mol. The second-order valence-corrected chi connectivity index (χ2v) is 3.82. The van der Waals surface area contributed by atoms with Crippen LogP contribution in [0.3, 0.4) is 0 Å². The molecule has 1 saturated heterocycles. The van der Waals surface area contributed by atoms with E-state index in [9.17, 15) is 5.11 Å². The van der Waals surface area contributed by atoms with Crippen molar-refractivity contribution >= 4 is 0 Å². The Morgan fingerprint density at radius 3 is 2.50 bits per heavy atom. The summed E-state index contributed by atoms with van der Waals surface area (Å²) in [6, 6.07) is 0. The summed E-state index contributed by atoms with van der Waals surface area (Å²) in [4.78, 5) is 0. The number of piperidine rings is 1. The van der Waals surface area contributed by atoms with E-state index in [1.54, 1.807) is 0 Å². The van der Waals surface area contributed by atoms with Crippen LogP contribution in [-0.4, -0.2) is 24.3 Å². The zero-order valence-corrected chi connectivity index (χ0v) is 8.01. The molecule has 1 aliphatic heterocycles. The van der Waals surface area contributed by atoms with Gasteiger partial charge >= 0.3 is 0 Å². The number of nitrogens with one attached hydrogen (secondary N) is 1. The summed E-state index contributed by atoms with van der Waals surface area (Å²) in [6.45, 7) is 6.17. The zero-order valence-electron chi connectivity index (χ0n) is 8.01. The molecule has 0 radical (unpaired) electrons. The van der Waals surface area contributed by atoms with Crippen LogP contribution < -0.4 is 5.32 Å². The van der Waals surface area contributed by atoms with Crippen molar-refractivity contribution in [2.45, 2.75) is 32.8 Å². The molecule has 2 N–H and O–H groups in total. The molecule has 2 nitrogen and oxygen atoms in total. The van der Waals surface area contributed by atoms with Crippen molar-refractivity contribution in [1.29, 1.82) is 0 Å². The Balaban J connectivity index is 2.39. The van der Waals surface area contributed by atoms with Gasteiger partial charge in [-0.05, 0) is 45.7 Å². The maximum Gasteiger partial charge on any atom is 0.0752 e. The maximum absolute atomic E-state index is 9.74. The van der Waals surface area contributed by atoms with Crippen molar-refractivity contribution in [3.63, 3.8) is 0 Å². The molecular formula is C10H19NO. The molecule has 0 saturated carbocycles. The standard InChI is InChI=1S/C10H19NO/c1-8(2)7-10(12)9-3-5-11-6-4-9/h7,9-12H,3-6H2,1-2H3. The Morgan fingerprint density at radius 2 is 2.00 bits per heavy atom. The van der Waals surface area contributed by atoms with E-state index in [4.69, 9.17) is 0 Å². The van der Waals surface area contributed by atoms with Crippen LogP contribution in [0, 0.1) is 5.92 Å². The first kappa shape index (κ1) is 9.75. The predicted molar refractivity (Wildman–Crippen MR) is 51.0 cm³/mol. The molecule has 12 heavy (non-hydrogen) atoms. The Hall–Kier alpha value is -0.340. The molecule has 1 aliphatic rings. The average Bonchev–Trinajstić information content (AvgIpc) is 2.05. The summed E-state index contributed by atoms with van der Waals surface area (Å²) in [5.41, 5.74) is 1.21. The van der Waals surface area contributed by atoms with Crippen LogP contribution in [-0.2, 0) is 0 Å². The fourth-order valence-electron chi connectivity index (χ4n) is 1.66. The number of hydrogen-bond donors (Lipinski definition) is 2. The summed E-state index contributed by atoms with van der Waals surface area (Å²) < 4.78 is 0. The number of hydrogen-bond acceptors (Lipinski definition) is 2. The first-order chi connectivity index (χ1) is 5.70. The minimum atomic E-state index is -0.225. The largest absolute Gasteiger partial charge is 0.389 e. The van der Waals surface area contributed by atoms with Crippen LogP contribution >= 0.6 is 0 Å². The third-order valence-corrected chi connectivity index (χ3v) is 2.37. The summed E-state index contributed by atoms with van der Waals surface area (Å²) in [6.07, 6.45) is 3.95. The van der Waals surface area contributed by atoms with Gasteiger partial charge in [0.15, 0.2) is 0 Å². The van der Waals surface area contributed by atoms with Crippen LogP contribution in [0.15, 0.2) is 11.6 Å². The fraction of sp³-hybridized carbons (Fsp3) is 0.800. The smallest absolute Gasteiger partial charge is 0.0752 e. The molecule has 0 aromatic heterocycles. The zero-order chi connectivity index (χ0) is 8.97. The third-order valence-electron chi connectivity index (χ3n) is 2.37. The van der Waals surface area contributed by atoms with Gasteiger partial charge in [0.05, 0.1) is 6.10 Å². The molecule has 0 amide bonds. The summed E-state index contributed by atoms with van der Waals surface area (Å²) in [5.74, 6) is 0.473. The van der Waals surface area contributed by atoms with E-state index in [0.29, 0.717) is 5.92 Å². The van der Waals surface area contributed by atoms with Crippen molar-refractivity contribution in [2.75, 3.05) is 13.1 Å². The lowest BCUT2D eigenvalue weighted by Gasteiger charge is -2.25. The van der Waals surface area contributed by atoms with Gasteiger partial charge in [-0.25, -0.2) is 0 Å². The van der Waals surface area contributed by atoms with E-state index in [-0.39, 0.29) is 6.10 Å². The Kier molecular flexibility index (Phi) is 3.76. The highest BCUT2D eigenvalue weighted by atomic mass is 16.3. The van der Waals surface area contributed by atoms with E-state index >= 15 is 0 Å². The average molecular weight is 169 g/mol. The van der Waals surface area contributed by atoms with Crippen molar-refractivity contribution in [3.8, 4) is 0 Å². The van der Waals surface area contributed by atoms with Gasteiger partial charge < -0.3 is 10.4 Å². The molecule has 1 unspecified atom stereocenters. The number of aliphatic hydroxyl groups excluding tert-OH is 1. The molecule has 0 spiro atoms. The Bertz CT molecular complexity index is 155. The lowest BCUT2D eigenvalue weighted by Crippen LogP contribution is -2.33. The van der Waals surface area contributed by atoms with E-state index in [1.165, 1.54) is 5.57 Å². The quantitative estimate of drug-likeness (QED) is 0.611. The summed E-state index contributed by atoms with van der Waals surface area (Å²) >= 11 is 0. The van der Waals surface area contributed by atoms with E-state index < -0.39 is 0 Å². The topological polar surface area (TPSA) is 32.3 Å². The van der Waals surface area contributed by atoms with Gasteiger partial charge in [0.1, 0.15) is 0 Å². The highest BCUT2D eigenvalue weighted by Crippen LogP contribution is 2.17. The van der Waals surface area contributed by atoms with E-state index in [2.05, 4.69) is 5.32 Å². The summed E-state index contributed by atoms with van der Waals surface area (Å²) in [7, 11) is 0. The van der Waals surface area contributed by atoms with E-state index in [1.807, 2.05) is 19.9 Å². The second-order valence-electron chi connectivity index (χ2n) is 3.82. The fourth-order valence-corrected chi connectivity index (χ4v) is 1.66. The number of aliphatic hydroxyl groups is 1. The molecule has 0 bridgehead atoms. The number of allylic oxidation sites excluding steroid dienone is 1. The van der Waals surface area contributed by atoms with Gasteiger partial charge in [-0.2, -0.15) is 0 Å². The lowest BCUT2D eigenvalue weighted by atomic mass is 9.91. The van der Waals surface area contributed by atoms with Gasteiger partial charge in [0, 0.05) is 0 Å². The van der Waals surface area contributed by atoms with Gasteiger partial charge in [-0.1, -0.05) is 11.6 Å².